The summed E-state index contributed by atoms with van der Waals surface area (Å²) in [5.41, 5.74) is 1.93. The van der Waals surface area contributed by atoms with Gasteiger partial charge in [0.05, 0.1) is 17.7 Å². The van der Waals surface area contributed by atoms with Gasteiger partial charge < -0.3 is 4.74 Å². The number of benzene rings is 1. The SMILES string of the molecule is O=C1C(=CCl)COc2ccc(SF)cc21. The van der Waals surface area contributed by atoms with Gasteiger partial charge in [-0.2, -0.15) is 3.89 Å². The minimum Gasteiger partial charge on any atom is -0.488 e. The molecule has 0 unspecified atom stereocenters. The summed E-state index contributed by atoms with van der Waals surface area (Å²) in [4.78, 5) is 12.1. The molecule has 15 heavy (non-hydrogen) atoms. The summed E-state index contributed by atoms with van der Waals surface area (Å²) >= 11 is 5.57. The monoisotopic (exact) mass is 244 g/mol. The zero-order chi connectivity index (χ0) is 10.8. The van der Waals surface area contributed by atoms with Gasteiger partial charge in [0.15, 0.2) is 5.78 Å². The highest BCUT2D eigenvalue weighted by atomic mass is 35.5. The third-order valence-corrected chi connectivity index (χ3v) is 2.79. The average molecular weight is 245 g/mol. The van der Waals surface area contributed by atoms with Crippen LogP contribution in [0.15, 0.2) is 34.2 Å². The van der Waals surface area contributed by atoms with E-state index in [4.69, 9.17) is 16.3 Å². The average Bonchev–Trinajstić information content (AvgIpc) is 2.29. The third kappa shape index (κ3) is 1.87. The van der Waals surface area contributed by atoms with Crippen molar-refractivity contribution in [1.29, 1.82) is 0 Å². The van der Waals surface area contributed by atoms with E-state index in [1.807, 2.05) is 0 Å². The molecule has 78 valence electrons. The Morgan fingerprint density at radius 1 is 1.53 bits per heavy atom. The summed E-state index contributed by atoms with van der Waals surface area (Å²) in [5.74, 6) is 0.266. The van der Waals surface area contributed by atoms with Crippen molar-refractivity contribution in [3.05, 3.63) is 34.9 Å². The molecule has 1 aromatic rings. The number of carbonyl (C=O) groups excluding carboxylic acids is 1. The van der Waals surface area contributed by atoms with Gasteiger partial charge in [-0.25, -0.2) is 0 Å². The molecule has 0 radical (unpaired) electrons. The fourth-order valence-electron chi connectivity index (χ4n) is 1.34. The van der Waals surface area contributed by atoms with Gasteiger partial charge in [-0.1, -0.05) is 11.6 Å². The zero-order valence-electron chi connectivity index (χ0n) is 7.50. The van der Waals surface area contributed by atoms with Crippen LogP contribution < -0.4 is 4.74 Å². The normalized spacial score (nSPS) is 17.5. The van der Waals surface area contributed by atoms with E-state index in [1.54, 1.807) is 12.1 Å². The van der Waals surface area contributed by atoms with Crippen molar-refractivity contribution in [2.24, 2.45) is 0 Å². The fraction of sp³-hybridized carbons (Fsp3) is 0.100. The number of rotatable bonds is 1. The number of hydrogen-bond donors (Lipinski definition) is 0. The highest BCUT2D eigenvalue weighted by molar-refractivity contribution is 7.94. The van der Waals surface area contributed by atoms with Crippen molar-refractivity contribution in [3.63, 3.8) is 0 Å². The number of ketones is 1. The molecule has 0 atom stereocenters. The lowest BCUT2D eigenvalue weighted by atomic mass is 10.0. The van der Waals surface area contributed by atoms with Crippen LogP contribution in [0.2, 0.25) is 0 Å². The molecule has 1 aromatic carbocycles. The van der Waals surface area contributed by atoms with Gasteiger partial charge in [0.2, 0.25) is 0 Å². The molecule has 0 aromatic heterocycles. The maximum absolute atomic E-state index is 12.3. The first-order valence-corrected chi connectivity index (χ1v) is 5.31. The Morgan fingerprint density at radius 2 is 2.33 bits per heavy atom. The van der Waals surface area contributed by atoms with Crippen molar-refractivity contribution in [2.75, 3.05) is 6.61 Å². The Balaban J connectivity index is 2.49. The molecule has 0 fully saturated rings. The summed E-state index contributed by atoms with van der Waals surface area (Å²) in [6, 6.07) is 4.61. The van der Waals surface area contributed by atoms with Crippen LogP contribution in [-0.2, 0) is 0 Å². The molecule has 5 heteroatoms. The molecule has 0 bridgehead atoms. The van der Waals surface area contributed by atoms with Crippen molar-refractivity contribution in [2.45, 2.75) is 4.90 Å². The highest BCUT2D eigenvalue weighted by Crippen LogP contribution is 2.31. The second-order valence-electron chi connectivity index (χ2n) is 2.99. The Bertz CT molecular complexity index is 445. The van der Waals surface area contributed by atoms with Crippen molar-refractivity contribution >= 4 is 29.5 Å². The first-order chi connectivity index (χ1) is 7.26. The van der Waals surface area contributed by atoms with E-state index in [-0.39, 0.29) is 24.5 Å². The minimum absolute atomic E-state index is 0.0923. The topological polar surface area (TPSA) is 26.3 Å². The molecular formula is C10H6ClFO2S. The maximum Gasteiger partial charge on any atom is 0.197 e. The van der Waals surface area contributed by atoms with Gasteiger partial charge in [-0.15, -0.1) is 0 Å². The standard InChI is InChI=1S/C10H6ClFO2S/c11-4-6-5-14-9-2-1-7(15-12)3-8(9)10(6)13/h1-4H,5H2. The van der Waals surface area contributed by atoms with Crippen LogP contribution in [0, 0.1) is 0 Å². The Hall–Kier alpha value is -1.00. The molecule has 0 N–H and O–H groups in total. The van der Waals surface area contributed by atoms with Gasteiger partial charge in [0, 0.05) is 16.0 Å². The Labute approximate surface area is 95.4 Å². The molecule has 2 nitrogen and oxygen atoms in total. The van der Waals surface area contributed by atoms with Crippen LogP contribution >= 0.6 is 23.7 Å². The van der Waals surface area contributed by atoms with Gasteiger partial charge >= 0.3 is 0 Å². The smallest absolute Gasteiger partial charge is 0.197 e. The van der Waals surface area contributed by atoms with E-state index in [9.17, 15) is 8.68 Å². The fourth-order valence-corrected chi connectivity index (χ4v) is 1.78. The van der Waals surface area contributed by atoms with Crippen LogP contribution in [0.3, 0.4) is 0 Å². The lowest BCUT2D eigenvalue weighted by Gasteiger charge is -2.18. The number of halogens is 2. The van der Waals surface area contributed by atoms with E-state index in [0.717, 1.165) is 0 Å². The van der Waals surface area contributed by atoms with Crippen molar-refractivity contribution in [3.8, 4) is 5.75 Å². The van der Waals surface area contributed by atoms with E-state index in [1.165, 1.54) is 11.6 Å². The molecule has 2 rings (SSSR count). The first-order valence-electron chi connectivity index (χ1n) is 4.15. The van der Waals surface area contributed by atoms with Crippen LogP contribution in [-0.4, -0.2) is 12.4 Å². The number of Topliss-reactive ketones (excluding diaryl/α,β-unsaturated/α-hetero) is 1. The summed E-state index contributed by atoms with van der Waals surface area (Å²) < 4.78 is 17.6. The summed E-state index contributed by atoms with van der Waals surface area (Å²) in [7, 11) is 0. The van der Waals surface area contributed by atoms with Crippen LogP contribution in [0.1, 0.15) is 10.4 Å². The van der Waals surface area contributed by atoms with Gasteiger partial charge in [-0.05, 0) is 18.2 Å². The van der Waals surface area contributed by atoms with Crippen LogP contribution in [0.5, 0.6) is 5.75 Å². The summed E-state index contributed by atoms with van der Waals surface area (Å²) in [6.07, 6.45) is 0. The highest BCUT2D eigenvalue weighted by Gasteiger charge is 2.23. The van der Waals surface area contributed by atoms with Gasteiger partial charge in [-0.3, -0.25) is 4.79 Å². The lowest BCUT2D eigenvalue weighted by molar-refractivity contribution is 0.0999. The molecule has 1 aliphatic heterocycles. The largest absolute Gasteiger partial charge is 0.488 e. The van der Waals surface area contributed by atoms with Gasteiger partial charge in [0.1, 0.15) is 12.4 Å². The van der Waals surface area contributed by atoms with Crippen molar-refractivity contribution < 1.29 is 13.4 Å². The molecule has 0 amide bonds. The number of fused-ring (bicyclic) bond motifs is 1. The molecule has 0 aliphatic carbocycles. The molecule has 1 heterocycles. The van der Waals surface area contributed by atoms with E-state index in [2.05, 4.69) is 0 Å². The Kier molecular flexibility index (Phi) is 2.98. The molecule has 1 aliphatic rings. The second kappa shape index (κ2) is 4.24. The van der Waals surface area contributed by atoms with Crippen molar-refractivity contribution in [1.82, 2.24) is 0 Å². The van der Waals surface area contributed by atoms with E-state index < -0.39 is 0 Å². The third-order valence-electron chi connectivity index (χ3n) is 2.09. The quantitative estimate of drug-likeness (QED) is 0.709. The molecule has 0 saturated carbocycles. The number of ether oxygens (including phenoxy) is 1. The second-order valence-corrected chi connectivity index (χ2v) is 3.83. The van der Waals surface area contributed by atoms with Gasteiger partial charge in [0.25, 0.3) is 0 Å². The van der Waals surface area contributed by atoms with E-state index in [0.29, 0.717) is 21.8 Å². The maximum atomic E-state index is 12.3. The minimum atomic E-state index is -0.206. The number of hydrogen-bond acceptors (Lipinski definition) is 3. The zero-order valence-corrected chi connectivity index (χ0v) is 9.07. The molecular weight excluding hydrogens is 239 g/mol. The lowest BCUT2D eigenvalue weighted by Crippen LogP contribution is -2.18. The predicted molar refractivity (Wildman–Crippen MR) is 57.2 cm³/mol. The number of carbonyl (C=O) groups is 1. The molecule has 0 spiro atoms. The molecule has 0 saturated heterocycles. The first kappa shape index (κ1) is 10.5. The van der Waals surface area contributed by atoms with E-state index >= 15 is 0 Å². The van der Waals surface area contributed by atoms with Crippen LogP contribution in [0.4, 0.5) is 3.89 Å². The predicted octanol–water partition coefficient (Wildman–Crippen LogP) is 3.36. The van der Waals surface area contributed by atoms with Crippen LogP contribution in [0.25, 0.3) is 0 Å². The Morgan fingerprint density at radius 3 is 3.00 bits per heavy atom. The summed E-state index contributed by atoms with van der Waals surface area (Å²) in [5, 5.41) is 0. The summed E-state index contributed by atoms with van der Waals surface area (Å²) in [6.45, 7) is 0.164.